The van der Waals surface area contributed by atoms with Crippen molar-refractivity contribution in [2.45, 2.75) is 12.8 Å². The number of hydrogen-bond donors (Lipinski definition) is 0. The summed E-state index contributed by atoms with van der Waals surface area (Å²) in [6, 6.07) is 11.7. The molecule has 0 fully saturated rings. The molecule has 0 radical (unpaired) electrons. The number of nitrogens with zero attached hydrogens (tertiary/aromatic N) is 2. The van der Waals surface area contributed by atoms with Crippen LogP contribution in [0.5, 0.6) is 5.75 Å². The van der Waals surface area contributed by atoms with Gasteiger partial charge in [0.15, 0.2) is 5.69 Å². The fraction of sp³-hybridized carbons (Fsp3) is 0.167. The van der Waals surface area contributed by atoms with Crippen LogP contribution in [-0.4, -0.2) is 9.78 Å². The fourth-order valence-electron chi connectivity index (χ4n) is 2.45. The summed E-state index contributed by atoms with van der Waals surface area (Å²) in [4.78, 5) is 0. The Morgan fingerprint density at radius 1 is 1.04 bits per heavy atom. The Kier molecular flexibility index (Phi) is 5.16. The molecule has 0 saturated carbocycles. The van der Waals surface area contributed by atoms with Crippen LogP contribution in [0.2, 0.25) is 10.0 Å². The van der Waals surface area contributed by atoms with Crippen LogP contribution in [0.1, 0.15) is 11.3 Å². The van der Waals surface area contributed by atoms with E-state index in [1.54, 1.807) is 18.2 Å². The topological polar surface area (TPSA) is 27.1 Å². The van der Waals surface area contributed by atoms with Crippen molar-refractivity contribution < 1.29 is 17.9 Å². The van der Waals surface area contributed by atoms with Crippen LogP contribution in [0.15, 0.2) is 48.7 Å². The van der Waals surface area contributed by atoms with E-state index in [4.69, 9.17) is 27.9 Å². The van der Waals surface area contributed by atoms with Gasteiger partial charge in [-0.05, 0) is 35.9 Å². The minimum Gasteiger partial charge on any atom is -0.489 e. The number of ether oxygens (including phenoxy) is 1. The van der Waals surface area contributed by atoms with Crippen molar-refractivity contribution in [3.8, 4) is 16.9 Å². The van der Waals surface area contributed by atoms with Crippen molar-refractivity contribution in [1.29, 1.82) is 0 Å². The van der Waals surface area contributed by atoms with E-state index in [0.717, 1.165) is 10.2 Å². The van der Waals surface area contributed by atoms with Crippen LogP contribution in [0, 0.1) is 0 Å². The molecule has 0 amide bonds. The average Bonchev–Trinajstić information content (AvgIpc) is 2.96. The highest BCUT2D eigenvalue weighted by Crippen LogP contribution is 2.39. The number of hydrogen-bond acceptors (Lipinski definition) is 2. The van der Waals surface area contributed by atoms with E-state index in [9.17, 15) is 13.2 Å². The monoisotopic (exact) mass is 400 g/mol. The highest BCUT2D eigenvalue weighted by atomic mass is 35.5. The molecule has 0 unspecified atom stereocenters. The lowest BCUT2D eigenvalue weighted by atomic mass is 10.1. The lowest BCUT2D eigenvalue weighted by Crippen LogP contribution is -2.08. The van der Waals surface area contributed by atoms with Crippen LogP contribution in [0.3, 0.4) is 0 Å². The molecule has 1 heterocycles. The van der Waals surface area contributed by atoms with E-state index < -0.39 is 11.9 Å². The first-order chi connectivity index (χ1) is 12.2. The Labute approximate surface area is 157 Å². The molecular formula is C18H13Cl2F3N2O. The van der Waals surface area contributed by atoms with Gasteiger partial charge in [0.2, 0.25) is 0 Å². The minimum atomic E-state index is -4.57. The molecule has 0 bridgehead atoms. The summed E-state index contributed by atoms with van der Waals surface area (Å²) < 4.78 is 46.2. The second-order valence-corrected chi connectivity index (χ2v) is 6.46. The Balaban J connectivity index is 1.83. The number of alkyl halides is 3. The maximum Gasteiger partial charge on any atom is 0.435 e. The molecule has 3 aromatic rings. The Morgan fingerprint density at radius 3 is 2.35 bits per heavy atom. The summed E-state index contributed by atoms with van der Waals surface area (Å²) in [6.45, 7) is 0.285. The zero-order chi connectivity index (χ0) is 18.9. The van der Waals surface area contributed by atoms with E-state index >= 15 is 0 Å². The van der Waals surface area contributed by atoms with Gasteiger partial charge in [0, 0.05) is 29.4 Å². The number of halogens is 5. The second-order valence-electron chi connectivity index (χ2n) is 5.62. The third-order valence-electron chi connectivity index (χ3n) is 3.65. The molecule has 26 heavy (non-hydrogen) atoms. The minimum absolute atomic E-state index is 0.0748. The lowest BCUT2D eigenvalue weighted by molar-refractivity contribution is -0.140. The maximum atomic E-state index is 13.1. The molecule has 2 aromatic carbocycles. The standard InChI is InChI=1S/C18H13Cl2F3N2O/c1-25-9-15(17(24-25)18(21,22)23)14-7-6-13(8-16(14)20)26-10-11-2-4-12(19)5-3-11/h2-9H,10H2,1H3. The van der Waals surface area contributed by atoms with E-state index in [0.29, 0.717) is 10.8 Å². The highest BCUT2D eigenvalue weighted by Gasteiger charge is 2.37. The van der Waals surface area contributed by atoms with Gasteiger partial charge in [-0.25, -0.2) is 0 Å². The van der Waals surface area contributed by atoms with Crippen molar-refractivity contribution in [1.82, 2.24) is 9.78 Å². The van der Waals surface area contributed by atoms with E-state index in [1.807, 2.05) is 12.1 Å². The Hall–Kier alpha value is -2.18. The molecule has 0 spiro atoms. The highest BCUT2D eigenvalue weighted by molar-refractivity contribution is 6.33. The summed E-state index contributed by atoms with van der Waals surface area (Å²) in [6.07, 6.45) is -3.28. The molecule has 0 saturated heterocycles. The van der Waals surface area contributed by atoms with E-state index in [1.165, 1.54) is 25.4 Å². The molecule has 8 heteroatoms. The predicted molar refractivity (Wildman–Crippen MR) is 94.4 cm³/mol. The molecule has 1 aromatic heterocycles. The SMILES string of the molecule is Cn1cc(-c2ccc(OCc3ccc(Cl)cc3)cc2Cl)c(C(F)(F)F)n1. The number of aryl methyl sites for hydroxylation is 1. The van der Waals surface area contributed by atoms with E-state index in [2.05, 4.69) is 5.10 Å². The third kappa shape index (κ3) is 4.14. The third-order valence-corrected chi connectivity index (χ3v) is 4.21. The van der Waals surface area contributed by atoms with Crippen LogP contribution in [0.4, 0.5) is 13.2 Å². The second kappa shape index (κ2) is 7.21. The van der Waals surface area contributed by atoms with Crippen molar-refractivity contribution >= 4 is 23.2 Å². The van der Waals surface area contributed by atoms with Gasteiger partial charge in [0.25, 0.3) is 0 Å². The van der Waals surface area contributed by atoms with Crippen molar-refractivity contribution in [2.24, 2.45) is 7.05 Å². The summed E-state index contributed by atoms with van der Waals surface area (Å²) in [5.74, 6) is 0.450. The first-order valence-corrected chi connectivity index (χ1v) is 8.27. The molecule has 0 aliphatic heterocycles. The van der Waals surface area contributed by atoms with Gasteiger partial charge < -0.3 is 4.74 Å². The van der Waals surface area contributed by atoms with Crippen molar-refractivity contribution in [3.05, 3.63) is 70.0 Å². The van der Waals surface area contributed by atoms with Crippen molar-refractivity contribution in [3.63, 3.8) is 0 Å². The molecule has 0 atom stereocenters. The quantitative estimate of drug-likeness (QED) is 0.537. The van der Waals surface area contributed by atoms with Gasteiger partial charge in [-0.2, -0.15) is 18.3 Å². The summed E-state index contributed by atoms with van der Waals surface area (Å²) in [5.41, 5.74) is 0.0955. The fourth-order valence-corrected chi connectivity index (χ4v) is 2.84. The number of rotatable bonds is 4. The lowest BCUT2D eigenvalue weighted by Gasteiger charge is -2.10. The molecule has 0 aliphatic rings. The Bertz CT molecular complexity index is 921. The number of benzene rings is 2. The zero-order valence-corrected chi connectivity index (χ0v) is 15.0. The molecule has 3 rings (SSSR count). The first kappa shape index (κ1) is 18.6. The normalized spacial score (nSPS) is 11.6. The van der Waals surface area contributed by atoms with Gasteiger partial charge in [0.1, 0.15) is 12.4 Å². The summed E-state index contributed by atoms with van der Waals surface area (Å²) >= 11 is 12.0. The zero-order valence-electron chi connectivity index (χ0n) is 13.5. The van der Waals surface area contributed by atoms with Gasteiger partial charge in [-0.3, -0.25) is 4.68 Å². The smallest absolute Gasteiger partial charge is 0.435 e. The summed E-state index contributed by atoms with van der Waals surface area (Å²) in [7, 11) is 1.43. The van der Waals surface area contributed by atoms with E-state index in [-0.39, 0.29) is 22.8 Å². The van der Waals surface area contributed by atoms with Gasteiger partial charge in [0.05, 0.1) is 5.02 Å². The largest absolute Gasteiger partial charge is 0.489 e. The van der Waals surface area contributed by atoms with Crippen molar-refractivity contribution in [2.75, 3.05) is 0 Å². The van der Waals surface area contributed by atoms with Gasteiger partial charge in [-0.15, -0.1) is 0 Å². The van der Waals surface area contributed by atoms with Crippen LogP contribution < -0.4 is 4.74 Å². The Morgan fingerprint density at radius 2 is 1.73 bits per heavy atom. The average molecular weight is 401 g/mol. The maximum absolute atomic E-state index is 13.1. The molecule has 0 N–H and O–H groups in total. The molecular weight excluding hydrogens is 388 g/mol. The number of aromatic nitrogens is 2. The van der Waals surface area contributed by atoms with Gasteiger partial charge >= 0.3 is 6.18 Å². The summed E-state index contributed by atoms with van der Waals surface area (Å²) in [5, 5.41) is 4.27. The van der Waals surface area contributed by atoms with Crippen LogP contribution in [0.25, 0.3) is 11.1 Å². The van der Waals surface area contributed by atoms with Crippen LogP contribution in [-0.2, 0) is 19.8 Å². The molecule has 136 valence electrons. The predicted octanol–water partition coefficient (Wildman–Crippen LogP) is 5.99. The first-order valence-electron chi connectivity index (χ1n) is 7.52. The van der Waals surface area contributed by atoms with Crippen LogP contribution >= 0.6 is 23.2 Å². The molecule has 0 aliphatic carbocycles. The van der Waals surface area contributed by atoms with Gasteiger partial charge in [-0.1, -0.05) is 35.3 Å². The molecule has 3 nitrogen and oxygen atoms in total.